The second-order valence-electron chi connectivity index (χ2n) is 5.41. The predicted molar refractivity (Wildman–Crippen MR) is 82.7 cm³/mol. The average molecular weight is 281 g/mol. The van der Waals surface area contributed by atoms with Gasteiger partial charge in [-0.1, -0.05) is 43.1 Å². The second kappa shape index (κ2) is 7.28. The van der Waals surface area contributed by atoms with E-state index in [9.17, 15) is 0 Å². The van der Waals surface area contributed by atoms with E-state index in [0.29, 0.717) is 12.0 Å². The summed E-state index contributed by atoms with van der Waals surface area (Å²) in [6, 6.07) is 8.80. The minimum atomic E-state index is 0.452. The molecule has 0 saturated carbocycles. The maximum atomic E-state index is 6.45. The van der Waals surface area contributed by atoms with E-state index >= 15 is 0 Å². The molecular weight excluding hydrogens is 256 g/mol. The Morgan fingerprint density at radius 1 is 1.32 bits per heavy atom. The van der Waals surface area contributed by atoms with Gasteiger partial charge in [-0.25, -0.2) is 0 Å². The van der Waals surface area contributed by atoms with Crippen LogP contribution in [0.2, 0.25) is 5.02 Å². The van der Waals surface area contributed by atoms with Crippen molar-refractivity contribution in [2.24, 2.45) is 5.92 Å². The molecule has 0 amide bonds. The van der Waals surface area contributed by atoms with Crippen LogP contribution in [-0.4, -0.2) is 31.6 Å². The third-order valence-corrected chi connectivity index (χ3v) is 4.55. The van der Waals surface area contributed by atoms with Crippen LogP contribution in [0.15, 0.2) is 24.3 Å². The highest BCUT2D eigenvalue weighted by molar-refractivity contribution is 6.31. The second-order valence-corrected chi connectivity index (χ2v) is 5.82. The molecule has 0 radical (unpaired) electrons. The molecule has 1 aromatic carbocycles. The van der Waals surface area contributed by atoms with Crippen molar-refractivity contribution in [3.8, 4) is 0 Å². The highest BCUT2D eigenvalue weighted by Crippen LogP contribution is 2.37. The number of rotatable bonds is 4. The lowest BCUT2D eigenvalue weighted by Gasteiger charge is -2.35. The summed E-state index contributed by atoms with van der Waals surface area (Å²) in [6.45, 7) is 5.60. The molecule has 1 heterocycles. The van der Waals surface area contributed by atoms with Crippen LogP contribution >= 0.6 is 11.6 Å². The topological polar surface area (TPSA) is 15.3 Å². The van der Waals surface area contributed by atoms with Gasteiger partial charge in [-0.3, -0.25) is 4.90 Å². The first-order chi connectivity index (χ1) is 9.27. The molecule has 0 spiro atoms. The Labute approximate surface area is 122 Å². The van der Waals surface area contributed by atoms with Gasteiger partial charge in [0, 0.05) is 11.1 Å². The lowest BCUT2D eigenvalue weighted by molar-refractivity contribution is 0.162. The molecule has 1 aliphatic heterocycles. The van der Waals surface area contributed by atoms with Crippen LogP contribution in [0.5, 0.6) is 0 Å². The summed E-state index contributed by atoms with van der Waals surface area (Å²) in [4.78, 5) is 2.59. The van der Waals surface area contributed by atoms with E-state index in [1.54, 1.807) is 0 Å². The SMILES string of the molecule is CCN1CCCCC(CNC)C1c1ccccc1Cl. The quantitative estimate of drug-likeness (QED) is 0.904. The molecule has 2 unspecified atom stereocenters. The van der Waals surface area contributed by atoms with Crippen molar-refractivity contribution >= 4 is 11.6 Å². The number of benzene rings is 1. The summed E-state index contributed by atoms with van der Waals surface area (Å²) >= 11 is 6.45. The number of likely N-dealkylation sites (tertiary alicyclic amines) is 1. The van der Waals surface area contributed by atoms with Crippen molar-refractivity contribution in [3.63, 3.8) is 0 Å². The highest BCUT2D eigenvalue weighted by Gasteiger charge is 2.30. The first-order valence-electron chi connectivity index (χ1n) is 7.41. The van der Waals surface area contributed by atoms with Gasteiger partial charge in [0.15, 0.2) is 0 Å². The van der Waals surface area contributed by atoms with Crippen LogP contribution in [-0.2, 0) is 0 Å². The molecule has 2 nitrogen and oxygen atoms in total. The molecule has 1 N–H and O–H groups in total. The van der Waals surface area contributed by atoms with E-state index in [2.05, 4.69) is 29.3 Å². The third-order valence-electron chi connectivity index (χ3n) is 4.21. The molecule has 2 rings (SSSR count). The first kappa shape index (κ1) is 14.8. The zero-order valence-electron chi connectivity index (χ0n) is 12.0. The van der Waals surface area contributed by atoms with Gasteiger partial charge in [-0.2, -0.15) is 0 Å². The Morgan fingerprint density at radius 3 is 2.79 bits per heavy atom. The molecule has 3 heteroatoms. The molecule has 0 aromatic heterocycles. The number of nitrogens with zero attached hydrogens (tertiary/aromatic N) is 1. The van der Waals surface area contributed by atoms with Crippen LogP contribution in [0, 0.1) is 5.92 Å². The Bertz CT molecular complexity index is 394. The minimum Gasteiger partial charge on any atom is -0.319 e. The van der Waals surface area contributed by atoms with Crippen LogP contribution in [0.4, 0.5) is 0 Å². The number of hydrogen-bond donors (Lipinski definition) is 1. The summed E-state index contributed by atoms with van der Waals surface area (Å²) in [7, 11) is 2.05. The minimum absolute atomic E-state index is 0.452. The van der Waals surface area contributed by atoms with Crippen LogP contribution in [0.3, 0.4) is 0 Å². The molecule has 1 fully saturated rings. The first-order valence-corrected chi connectivity index (χ1v) is 7.78. The monoisotopic (exact) mass is 280 g/mol. The lowest BCUT2D eigenvalue weighted by atomic mass is 9.89. The normalized spacial score (nSPS) is 25.2. The zero-order chi connectivity index (χ0) is 13.7. The van der Waals surface area contributed by atoms with Gasteiger partial charge in [0.2, 0.25) is 0 Å². The maximum absolute atomic E-state index is 6.45. The standard InChI is InChI=1S/C16H25ClN2/c1-3-19-11-7-6-8-13(12-18-2)16(19)14-9-4-5-10-15(14)17/h4-5,9-10,13,16,18H,3,6-8,11-12H2,1-2H3. The Morgan fingerprint density at radius 2 is 2.11 bits per heavy atom. The van der Waals surface area contributed by atoms with Gasteiger partial charge < -0.3 is 5.32 Å². The van der Waals surface area contributed by atoms with E-state index < -0.39 is 0 Å². The summed E-state index contributed by atoms with van der Waals surface area (Å²) < 4.78 is 0. The largest absolute Gasteiger partial charge is 0.319 e. The fourth-order valence-corrected chi connectivity index (χ4v) is 3.56. The van der Waals surface area contributed by atoms with E-state index in [1.807, 2.05) is 19.2 Å². The molecule has 1 saturated heterocycles. The number of halogens is 1. The Balaban J connectivity index is 2.34. The molecule has 0 bridgehead atoms. The molecule has 19 heavy (non-hydrogen) atoms. The Hall–Kier alpha value is -0.570. The van der Waals surface area contributed by atoms with E-state index in [1.165, 1.54) is 31.4 Å². The molecule has 106 valence electrons. The van der Waals surface area contributed by atoms with Gasteiger partial charge in [0.25, 0.3) is 0 Å². The van der Waals surface area contributed by atoms with Crippen LogP contribution < -0.4 is 5.32 Å². The summed E-state index contributed by atoms with van der Waals surface area (Å²) in [6.07, 6.45) is 3.91. The van der Waals surface area contributed by atoms with Crippen molar-refractivity contribution in [1.82, 2.24) is 10.2 Å². The fraction of sp³-hybridized carbons (Fsp3) is 0.625. The summed E-state index contributed by atoms with van der Waals surface area (Å²) in [5.74, 6) is 0.646. The Kier molecular flexibility index (Phi) is 5.68. The van der Waals surface area contributed by atoms with Gasteiger partial charge in [0.05, 0.1) is 0 Å². The van der Waals surface area contributed by atoms with Crippen LogP contribution in [0.1, 0.15) is 37.8 Å². The van der Waals surface area contributed by atoms with Crippen LogP contribution in [0.25, 0.3) is 0 Å². The predicted octanol–water partition coefficient (Wildman–Crippen LogP) is 3.72. The fourth-order valence-electron chi connectivity index (χ4n) is 3.31. The molecule has 2 atom stereocenters. The summed E-state index contributed by atoms with van der Waals surface area (Å²) in [5, 5.41) is 4.27. The van der Waals surface area contributed by atoms with Gasteiger partial charge in [-0.15, -0.1) is 0 Å². The maximum Gasteiger partial charge on any atom is 0.0453 e. The average Bonchev–Trinajstić information content (AvgIpc) is 2.62. The molecular formula is C16H25ClN2. The zero-order valence-corrected chi connectivity index (χ0v) is 12.8. The van der Waals surface area contributed by atoms with E-state index in [0.717, 1.165) is 18.1 Å². The molecule has 1 aliphatic rings. The van der Waals surface area contributed by atoms with Gasteiger partial charge in [-0.05, 0) is 57.1 Å². The van der Waals surface area contributed by atoms with E-state index in [4.69, 9.17) is 11.6 Å². The van der Waals surface area contributed by atoms with Crippen molar-refractivity contribution in [3.05, 3.63) is 34.9 Å². The third kappa shape index (κ3) is 3.50. The van der Waals surface area contributed by atoms with Crippen molar-refractivity contribution < 1.29 is 0 Å². The lowest BCUT2D eigenvalue weighted by Crippen LogP contribution is -2.36. The van der Waals surface area contributed by atoms with Gasteiger partial charge >= 0.3 is 0 Å². The van der Waals surface area contributed by atoms with E-state index in [-0.39, 0.29) is 0 Å². The molecule has 0 aliphatic carbocycles. The van der Waals surface area contributed by atoms with Crippen molar-refractivity contribution in [1.29, 1.82) is 0 Å². The summed E-state index contributed by atoms with van der Waals surface area (Å²) in [5.41, 5.74) is 1.30. The van der Waals surface area contributed by atoms with Gasteiger partial charge in [0.1, 0.15) is 0 Å². The molecule has 1 aromatic rings. The van der Waals surface area contributed by atoms with Crippen molar-refractivity contribution in [2.45, 2.75) is 32.2 Å². The highest BCUT2D eigenvalue weighted by atomic mass is 35.5. The van der Waals surface area contributed by atoms with Crippen molar-refractivity contribution in [2.75, 3.05) is 26.7 Å². The number of hydrogen-bond acceptors (Lipinski definition) is 2. The smallest absolute Gasteiger partial charge is 0.0453 e. The number of nitrogens with one attached hydrogen (secondary N) is 1.